The van der Waals surface area contributed by atoms with E-state index in [4.69, 9.17) is 4.74 Å². The molecule has 4 nitrogen and oxygen atoms in total. The van der Waals surface area contributed by atoms with Crippen LogP contribution < -0.4 is 10.1 Å². The van der Waals surface area contributed by atoms with Gasteiger partial charge in [-0.2, -0.15) is 0 Å². The number of likely N-dealkylation sites (tertiary alicyclic amines) is 1. The summed E-state index contributed by atoms with van der Waals surface area (Å²) in [4.78, 5) is 13.1. The lowest BCUT2D eigenvalue weighted by atomic mass is 10.0. The number of rotatable bonds is 4. The average Bonchev–Trinajstić information content (AvgIpc) is 2.43. The number of nitrogens with zero attached hydrogens (tertiary/aromatic N) is 1. The van der Waals surface area contributed by atoms with Crippen molar-refractivity contribution in [3.63, 3.8) is 0 Å². The summed E-state index contributed by atoms with van der Waals surface area (Å²) in [5, 5.41) is 3.39. The standard InChI is InChI=1S/C15H21FN2O2/c1-3-20-15-10-12(16)4-5-14(15)17-13-6-8-18(9-7-13)11(2)19/h4-5,10,13,17H,3,6-9H2,1-2H3. The van der Waals surface area contributed by atoms with Gasteiger partial charge in [0.15, 0.2) is 0 Å². The molecule has 0 radical (unpaired) electrons. The highest BCUT2D eigenvalue weighted by molar-refractivity contribution is 5.73. The normalized spacial score (nSPS) is 16.1. The molecule has 1 amide bonds. The topological polar surface area (TPSA) is 41.6 Å². The Kier molecular flexibility index (Phi) is 4.82. The van der Waals surface area contributed by atoms with Crippen LogP contribution in [-0.4, -0.2) is 36.5 Å². The predicted octanol–water partition coefficient (Wildman–Crippen LogP) is 2.65. The summed E-state index contributed by atoms with van der Waals surface area (Å²) in [6.07, 6.45) is 1.78. The van der Waals surface area contributed by atoms with Crippen molar-refractivity contribution >= 4 is 11.6 Å². The summed E-state index contributed by atoms with van der Waals surface area (Å²) in [6, 6.07) is 4.82. The smallest absolute Gasteiger partial charge is 0.219 e. The van der Waals surface area contributed by atoms with E-state index in [-0.39, 0.29) is 17.8 Å². The highest BCUT2D eigenvalue weighted by atomic mass is 19.1. The summed E-state index contributed by atoms with van der Waals surface area (Å²) >= 11 is 0. The van der Waals surface area contributed by atoms with Crippen molar-refractivity contribution in [3.05, 3.63) is 24.0 Å². The number of ether oxygens (including phenoxy) is 1. The average molecular weight is 280 g/mol. The highest BCUT2D eigenvalue weighted by Gasteiger charge is 2.21. The molecule has 1 fully saturated rings. The second-order valence-corrected chi connectivity index (χ2v) is 5.00. The van der Waals surface area contributed by atoms with Gasteiger partial charge >= 0.3 is 0 Å². The van der Waals surface area contributed by atoms with Crippen LogP contribution in [0.1, 0.15) is 26.7 Å². The summed E-state index contributed by atoms with van der Waals surface area (Å²) in [7, 11) is 0. The number of halogens is 1. The van der Waals surface area contributed by atoms with Gasteiger partial charge in [0, 0.05) is 32.1 Å². The number of nitrogens with one attached hydrogen (secondary N) is 1. The molecule has 0 atom stereocenters. The number of hydrogen-bond acceptors (Lipinski definition) is 3. The Morgan fingerprint density at radius 2 is 2.15 bits per heavy atom. The fourth-order valence-corrected chi connectivity index (χ4v) is 2.45. The van der Waals surface area contributed by atoms with E-state index in [0.29, 0.717) is 12.4 Å². The van der Waals surface area contributed by atoms with Gasteiger partial charge in [-0.25, -0.2) is 4.39 Å². The summed E-state index contributed by atoms with van der Waals surface area (Å²) < 4.78 is 18.7. The molecule has 1 aliphatic rings. The van der Waals surface area contributed by atoms with Crippen molar-refractivity contribution in [2.75, 3.05) is 25.0 Å². The number of carbonyl (C=O) groups is 1. The molecule has 1 N–H and O–H groups in total. The lowest BCUT2D eigenvalue weighted by Gasteiger charge is -2.32. The van der Waals surface area contributed by atoms with E-state index in [0.717, 1.165) is 31.6 Å². The van der Waals surface area contributed by atoms with E-state index < -0.39 is 0 Å². The van der Waals surface area contributed by atoms with Crippen LogP contribution >= 0.6 is 0 Å². The number of benzene rings is 1. The van der Waals surface area contributed by atoms with Crippen molar-refractivity contribution < 1.29 is 13.9 Å². The monoisotopic (exact) mass is 280 g/mol. The molecule has 0 saturated carbocycles. The Labute approximate surface area is 118 Å². The van der Waals surface area contributed by atoms with Gasteiger partial charge in [0.25, 0.3) is 0 Å². The van der Waals surface area contributed by atoms with Crippen LogP contribution in [0.3, 0.4) is 0 Å². The molecular formula is C15H21FN2O2. The molecule has 0 unspecified atom stereocenters. The third kappa shape index (κ3) is 3.62. The largest absolute Gasteiger partial charge is 0.492 e. The highest BCUT2D eigenvalue weighted by Crippen LogP contribution is 2.27. The van der Waals surface area contributed by atoms with Crippen LogP contribution in [0, 0.1) is 5.82 Å². The van der Waals surface area contributed by atoms with Gasteiger partial charge in [0.2, 0.25) is 5.91 Å². The van der Waals surface area contributed by atoms with Crippen LogP contribution in [0.2, 0.25) is 0 Å². The summed E-state index contributed by atoms with van der Waals surface area (Å²) in [6.45, 7) is 5.50. The van der Waals surface area contributed by atoms with E-state index >= 15 is 0 Å². The zero-order chi connectivity index (χ0) is 14.5. The lowest BCUT2D eigenvalue weighted by Crippen LogP contribution is -2.41. The van der Waals surface area contributed by atoms with Crippen molar-refractivity contribution in [2.45, 2.75) is 32.7 Å². The zero-order valence-electron chi connectivity index (χ0n) is 12.0. The molecule has 1 aromatic rings. The fraction of sp³-hybridized carbons (Fsp3) is 0.533. The van der Waals surface area contributed by atoms with E-state index in [9.17, 15) is 9.18 Å². The van der Waals surface area contributed by atoms with E-state index in [2.05, 4.69) is 5.32 Å². The van der Waals surface area contributed by atoms with Crippen LogP contribution in [0.4, 0.5) is 10.1 Å². The van der Waals surface area contributed by atoms with E-state index in [1.165, 1.54) is 12.1 Å². The van der Waals surface area contributed by atoms with Crippen molar-refractivity contribution in [3.8, 4) is 5.75 Å². The first-order valence-electron chi connectivity index (χ1n) is 7.04. The number of carbonyl (C=O) groups excluding carboxylic acids is 1. The van der Waals surface area contributed by atoms with Crippen LogP contribution in [0.25, 0.3) is 0 Å². The second-order valence-electron chi connectivity index (χ2n) is 5.00. The van der Waals surface area contributed by atoms with E-state index in [1.54, 1.807) is 13.0 Å². The Morgan fingerprint density at radius 1 is 1.45 bits per heavy atom. The van der Waals surface area contributed by atoms with Gasteiger partial charge in [-0.05, 0) is 31.9 Å². The SMILES string of the molecule is CCOc1cc(F)ccc1NC1CCN(C(C)=O)CC1. The van der Waals surface area contributed by atoms with E-state index in [1.807, 2.05) is 11.8 Å². The molecule has 5 heteroatoms. The van der Waals surface area contributed by atoms with Gasteiger partial charge in [-0.3, -0.25) is 4.79 Å². The number of amides is 1. The quantitative estimate of drug-likeness (QED) is 0.922. The molecule has 110 valence electrons. The Morgan fingerprint density at radius 3 is 2.75 bits per heavy atom. The summed E-state index contributed by atoms with van der Waals surface area (Å²) in [5.74, 6) is 0.368. The van der Waals surface area contributed by atoms with Gasteiger partial charge in [-0.15, -0.1) is 0 Å². The first kappa shape index (κ1) is 14.6. The van der Waals surface area contributed by atoms with Crippen LogP contribution in [-0.2, 0) is 4.79 Å². The van der Waals surface area contributed by atoms with Gasteiger partial charge in [0.1, 0.15) is 11.6 Å². The van der Waals surface area contributed by atoms with Gasteiger partial charge < -0.3 is 15.0 Å². The maximum Gasteiger partial charge on any atom is 0.219 e. The maximum absolute atomic E-state index is 13.2. The molecule has 1 heterocycles. The molecule has 20 heavy (non-hydrogen) atoms. The Hall–Kier alpha value is -1.78. The molecule has 0 spiro atoms. The van der Waals surface area contributed by atoms with Crippen molar-refractivity contribution in [1.82, 2.24) is 4.90 Å². The molecule has 0 aromatic heterocycles. The molecule has 2 rings (SSSR count). The minimum absolute atomic E-state index is 0.125. The van der Waals surface area contributed by atoms with Gasteiger partial charge in [0.05, 0.1) is 12.3 Å². The van der Waals surface area contributed by atoms with Crippen molar-refractivity contribution in [1.29, 1.82) is 0 Å². The molecule has 0 bridgehead atoms. The zero-order valence-corrected chi connectivity index (χ0v) is 12.0. The first-order valence-corrected chi connectivity index (χ1v) is 7.04. The van der Waals surface area contributed by atoms with Crippen molar-refractivity contribution in [2.24, 2.45) is 0 Å². The third-order valence-electron chi connectivity index (χ3n) is 3.54. The third-order valence-corrected chi connectivity index (χ3v) is 3.54. The first-order chi connectivity index (χ1) is 9.60. The predicted molar refractivity (Wildman–Crippen MR) is 76.5 cm³/mol. The lowest BCUT2D eigenvalue weighted by molar-refractivity contribution is -0.129. The minimum Gasteiger partial charge on any atom is -0.492 e. The molecule has 1 aliphatic heterocycles. The molecule has 1 saturated heterocycles. The van der Waals surface area contributed by atoms with Gasteiger partial charge in [-0.1, -0.05) is 0 Å². The molecular weight excluding hydrogens is 259 g/mol. The van der Waals surface area contributed by atoms with Crippen LogP contribution in [0.5, 0.6) is 5.75 Å². The molecule has 1 aromatic carbocycles. The summed E-state index contributed by atoms with van der Waals surface area (Å²) in [5.41, 5.74) is 0.814. The Bertz CT molecular complexity index is 471. The maximum atomic E-state index is 13.2. The number of piperidine rings is 1. The number of hydrogen-bond donors (Lipinski definition) is 1. The second kappa shape index (κ2) is 6.59. The minimum atomic E-state index is -0.301. The van der Waals surface area contributed by atoms with Crippen LogP contribution in [0.15, 0.2) is 18.2 Å². The molecule has 0 aliphatic carbocycles. The number of anilines is 1. The fourth-order valence-electron chi connectivity index (χ4n) is 2.45. The Balaban J connectivity index is 1.99.